The van der Waals surface area contributed by atoms with Crippen molar-refractivity contribution in [1.29, 1.82) is 0 Å². The standard InChI is InChI=1S/C20H22Cl2N2O3S/c1-13-8-14(2)11-24(10-13)20(25)18-5-3-4-16(23-18)12-28(26,27)19-7-6-15(21)9-17(19)22/h3-7,9,13-14H,8,10-12H2,1-2H3. The molecule has 0 N–H and O–H groups in total. The first-order valence-corrected chi connectivity index (χ1v) is 11.5. The minimum absolute atomic E-state index is 0.00391. The number of sulfone groups is 1. The van der Waals surface area contributed by atoms with Gasteiger partial charge in [-0.1, -0.05) is 43.1 Å². The predicted octanol–water partition coefficient (Wildman–Crippen LogP) is 4.48. The third kappa shape index (κ3) is 4.85. The molecule has 1 saturated heterocycles. The van der Waals surface area contributed by atoms with Crippen LogP contribution < -0.4 is 0 Å². The van der Waals surface area contributed by atoms with Gasteiger partial charge in [-0.05, 0) is 48.6 Å². The molecule has 8 heteroatoms. The quantitative estimate of drug-likeness (QED) is 0.702. The monoisotopic (exact) mass is 440 g/mol. The first-order valence-electron chi connectivity index (χ1n) is 9.08. The fraction of sp³-hybridized carbons (Fsp3) is 0.400. The van der Waals surface area contributed by atoms with E-state index in [0.717, 1.165) is 6.42 Å². The van der Waals surface area contributed by atoms with E-state index in [2.05, 4.69) is 18.8 Å². The van der Waals surface area contributed by atoms with Crippen molar-refractivity contribution in [3.63, 3.8) is 0 Å². The maximum Gasteiger partial charge on any atom is 0.272 e. The summed E-state index contributed by atoms with van der Waals surface area (Å²) in [7, 11) is -3.72. The molecular weight excluding hydrogens is 419 g/mol. The molecule has 0 radical (unpaired) electrons. The van der Waals surface area contributed by atoms with Gasteiger partial charge in [0.2, 0.25) is 0 Å². The zero-order valence-corrected chi connectivity index (χ0v) is 18.1. The number of aromatic nitrogens is 1. The number of rotatable bonds is 4. The van der Waals surface area contributed by atoms with Crippen LogP contribution in [0.4, 0.5) is 0 Å². The van der Waals surface area contributed by atoms with Gasteiger partial charge in [0.05, 0.1) is 21.4 Å². The second kappa shape index (κ2) is 8.39. The fourth-order valence-electron chi connectivity index (χ4n) is 3.67. The van der Waals surface area contributed by atoms with Gasteiger partial charge in [0.25, 0.3) is 5.91 Å². The number of benzene rings is 1. The number of halogens is 2. The van der Waals surface area contributed by atoms with E-state index in [4.69, 9.17) is 23.2 Å². The lowest BCUT2D eigenvalue weighted by atomic mass is 9.92. The Kier molecular flexibility index (Phi) is 6.32. The van der Waals surface area contributed by atoms with Crippen LogP contribution in [0.15, 0.2) is 41.3 Å². The molecular formula is C20H22Cl2N2O3S. The van der Waals surface area contributed by atoms with Crippen LogP contribution in [0, 0.1) is 11.8 Å². The lowest BCUT2D eigenvalue weighted by Gasteiger charge is -2.34. The first kappa shape index (κ1) is 21.1. The number of likely N-dealkylation sites (tertiary alicyclic amines) is 1. The molecule has 2 aromatic rings. The molecule has 5 nitrogen and oxygen atoms in total. The molecule has 0 aliphatic carbocycles. The molecule has 1 amide bonds. The van der Waals surface area contributed by atoms with Gasteiger partial charge in [-0.2, -0.15) is 0 Å². The molecule has 2 atom stereocenters. The van der Waals surface area contributed by atoms with Gasteiger partial charge in [0, 0.05) is 18.1 Å². The molecule has 3 rings (SSSR count). The average Bonchev–Trinajstić information content (AvgIpc) is 2.59. The fourth-order valence-corrected chi connectivity index (χ4v) is 5.77. The molecule has 0 spiro atoms. The van der Waals surface area contributed by atoms with Gasteiger partial charge in [-0.15, -0.1) is 0 Å². The average molecular weight is 441 g/mol. The summed E-state index contributed by atoms with van der Waals surface area (Å²) in [4.78, 5) is 19.0. The number of hydrogen-bond donors (Lipinski definition) is 0. The van der Waals surface area contributed by atoms with Crippen molar-refractivity contribution in [2.75, 3.05) is 13.1 Å². The van der Waals surface area contributed by atoms with E-state index < -0.39 is 9.84 Å². The highest BCUT2D eigenvalue weighted by atomic mass is 35.5. The van der Waals surface area contributed by atoms with Crippen LogP contribution in [-0.4, -0.2) is 37.3 Å². The first-order chi connectivity index (χ1) is 13.2. The van der Waals surface area contributed by atoms with Gasteiger partial charge in [-0.25, -0.2) is 13.4 Å². The Bertz CT molecular complexity index is 985. The third-order valence-electron chi connectivity index (χ3n) is 4.75. The zero-order valence-electron chi connectivity index (χ0n) is 15.7. The van der Waals surface area contributed by atoms with Crippen molar-refractivity contribution < 1.29 is 13.2 Å². The SMILES string of the molecule is CC1CC(C)CN(C(=O)c2cccc(CS(=O)(=O)c3ccc(Cl)cc3Cl)n2)C1. The molecule has 150 valence electrons. The zero-order chi connectivity index (χ0) is 20.5. The van der Waals surface area contributed by atoms with Crippen molar-refractivity contribution >= 4 is 38.9 Å². The highest BCUT2D eigenvalue weighted by Crippen LogP contribution is 2.27. The van der Waals surface area contributed by atoms with Gasteiger partial charge in [0.1, 0.15) is 5.69 Å². The predicted molar refractivity (Wildman–Crippen MR) is 110 cm³/mol. The van der Waals surface area contributed by atoms with Crippen LogP contribution >= 0.6 is 23.2 Å². The van der Waals surface area contributed by atoms with Crippen LogP contribution in [0.25, 0.3) is 0 Å². The molecule has 1 aromatic carbocycles. The van der Waals surface area contributed by atoms with E-state index >= 15 is 0 Å². The summed E-state index contributed by atoms with van der Waals surface area (Å²) < 4.78 is 25.5. The Labute approximate surface area is 175 Å². The highest BCUT2D eigenvalue weighted by Gasteiger charge is 2.27. The molecule has 1 aliphatic rings. The molecule has 0 bridgehead atoms. The lowest BCUT2D eigenvalue weighted by molar-refractivity contribution is 0.0617. The van der Waals surface area contributed by atoms with Gasteiger partial charge in [0.15, 0.2) is 9.84 Å². The summed E-state index contributed by atoms with van der Waals surface area (Å²) in [5.74, 6) is 0.358. The van der Waals surface area contributed by atoms with Crippen molar-refractivity contribution in [1.82, 2.24) is 9.88 Å². The van der Waals surface area contributed by atoms with Gasteiger partial charge >= 0.3 is 0 Å². The van der Waals surface area contributed by atoms with E-state index in [9.17, 15) is 13.2 Å². The molecule has 1 aliphatic heterocycles. The molecule has 2 heterocycles. The van der Waals surface area contributed by atoms with Crippen LogP contribution in [0.5, 0.6) is 0 Å². The van der Waals surface area contributed by atoms with E-state index in [-0.39, 0.29) is 27.3 Å². The maximum absolute atomic E-state index is 12.8. The maximum atomic E-state index is 12.8. The van der Waals surface area contributed by atoms with E-state index in [1.165, 1.54) is 18.2 Å². The number of amides is 1. The Morgan fingerprint density at radius 2 is 1.82 bits per heavy atom. The summed E-state index contributed by atoms with van der Waals surface area (Å²) in [5.41, 5.74) is 0.561. The third-order valence-corrected chi connectivity index (χ3v) is 7.11. The lowest BCUT2D eigenvalue weighted by Crippen LogP contribution is -2.42. The molecule has 0 saturated carbocycles. The topological polar surface area (TPSA) is 67.3 Å². The van der Waals surface area contributed by atoms with Crippen LogP contribution in [0.3, 0.4) is 0 Å². The van der Waals surface area contributed by atoms with E-state index in [1.807, 2.05) is 0 Å². The minimum atomic E-state index is -3.72. The Morgan fingerprint density at radius 3 is 2.46 bits per heavy atom. The molecule has 1 aromatic heterocycles. The second-order valence-electron chi connectivity index (χ2n) is 7.50. The number of carbonyl (C=O) groups excluding carboxylic acids is 1. The summed E-state index contributed by atoms with van der Waals surface area (Å²) in [6.45, 7) is 5.63. The van der Waals surface area contributed by atoms with E-state index in [0.29, 0.717) is 35.6 Å². The van der Waals surface area contributed by atoms with Gasteiger partial charge < -0.3 is 4.90 Å². The number of piperidine rings is 1. The Balaban J connectivity index is 1.82. The molecule has 28 heavy (non-hydrogen) atoms. The number of carbonyl (C=O) groups is 1. The second-order valence-corrected chi connectivity index (χ2v) is 10.3. The minimum Gasteiger partial charge on any atom is -0.337 e. The van der Waals surface area contributed by atoms with Crippen molar-refractivity contribution in [2.45, 2.75) is 30.9 Å². The van der Waals surface area contributed by atoms with Crippen molar-refractivity contribution in [3.8, 4) is 0 Å². The van der Waals surface area contributed by atoms with Crippen molar-refractivity contribution in [2.24, 2.45) is 11.8 Å². The Hall–Kier alpha value is -1.63. The number of pyridine rings is 1. The summed E-state index contributed by atoms with van der Waals surface area (Å²) in [6.07, 6.45) is 1.09. The smallest absolute Gasteiger partial charge is 0.272 e. The van der Waals surface area contributed by atoms with Crippen LogP contribution in [-0.2, 0) is 15.6 Å². The van der Waals surface area contributed by atoms with Crippen LogP contribution in [0.2, 0.25) is 10.0 Å². The normalized spacial score (nSPS) is 20.2. The van der Waals surface area contributed by atoms with Gasteiger partial charge in [-0.3, -0.25) is 4.79 Å². The summed E-state index contributed by atoms with van der Waals surface area (Å²) >= 11 is 11.9. The Morgan fingerprint density at radius 1 is 1.14 bits per heavy atom. The largest absolute Gasteiger partial charge is 0.337 e. The number of nitrogens with zero attached hydrogens (tertiary/aromatic N) is 2. The molecule has 2 unspecified atom stereocenters. The number of hydrogen-bond acceptors (Lipinski definition) is 4. The molecule has 1 fully saturated rings. The van der Waals surface area contributed by atoms with Crippen molar-refractivity contribution in [3.05, 3.63) is 57.8 Å². The summed E-state index contributed by atoms with van der Waals surface area (Å²) in [5, 5.41) is 0.427. The summed E-state index contributed by atoms with van der Waals surface area (Å²) in [6, 6.07) is 9.13. The van der Waals surface area contributed by atoms with Crippen LogP contribution in [0.1, 0.15) is 36.5 Å². The van der Waals surface area contributed by atoms with E-state index in [1.54, 1.807) is 23.1 Å². The highest BCUT2D eigenvalue weighted by molar-refractivity contribution is 7.90.